The molecule has 1 rings (SSSR count). The normalized spacial score (nSPS) is 9.94. The Labute approximate surface area is 139 Å². The van der Waals surface area contributed by atoms with Crippen molar-refractivity contribution in [3.8, 4) is 5.75 Å². The van der Waals surface area contributed by atoms with Crippen LogP contribution in [0.2, 0.25) is 0 Å². The van der Waals surface area contributed by atoms with E-state index in [2.05, 4.69) is 6.92 Å². The molecule has 0 fully saturated rings. The van der Waals surface area contributed by atoms with Gasteiger partial charge in [0.2, 0.25) is 0 Å². The van der Waals surface area contributed by atoms with Crippen molar-refractivity contribution < 1.29 is 45.9 Å². The van der Waals surface area contributed by atoms with Gasteiger partial charge in [0.15, 0.2) is 0 Å². The number of aryl methyl sites for hydroxylation is 1. The largest absolute Gasteiger partial charge is 0.508 e. The molecular weight excluding hydrogens is 340 g/mol. The molecule has 1 N–H and O–H groups in total. The monoisotopic (exact) mass is 362 g/mol. The maximum atomic E-state index is 9.15. The Hall–Kier alpha value is 0.371. The molecule has 0 saturated carbocycles. The van der Waals surface area contributed by atoms with Crippen LogP contribution in [0.4, 0.5) is 0 Å². The average Bonchev–Trinajstić information content (AvgIpc) is 2.30. The van der Waals surface area contributed by atoms with Gasteiger partial charge in [0.25, 0.3) is 0 Å². The topological polar surface area (TPSA) is 20.2 Å². The van der Waals surface area contributed by atoms with E-state index < -0.39 is 0 Å². The molecule has 0 aliphatic carbocycles. The van der Waals surface area contributed by atoms with Crippen molar-refractivity contribution in [1.82, 2.24) is 0 Å². The van der Waals surface area contributed by atoms with Crippen LogP contribution in [0.5, 0.6) is 5.75 Å². The third-order valence-corrected chi connectivity index (χ3v) is 3.01. The summed E-state index contributed by atoms with van der Waals surface area (Å²) in [5, 5.41) is 9.15. The van der Waals surface area contributed by atoms with Crippen LogP contribution in [0.15, 0.2) is 24.3 Å². The van der Waals surface area contributed by atoms with Crippen LogP contribution in [0.1, 0.15) is 57.4 Å². The molecule has 1 aromatic rings. The van der Waals surface area contributed by atoms with Crippen molar-refractivity contribution in [1.29, 1.82) is 0 Å². The Bertz CT molecular complexity index is 269. The molecule has 2 heteroatoms. The zero-order chi connectivity index (χ0) is 11.6. The van der Waals surface area contributed by atoms with Crippen LogP contribution in [-0.4, -0.2) is 5.11 Å². The minimum Gasteiger partial charge on any atom is -0.508 e. The molecule has 0 unspecified atom stereocenters. The molecule has 0 heterocycles. The predicted octanol–water partition coefficient (Wildman–Crippen LogP) is 4.69. The number of phenolic OH excluding ortho intramolecular Hbond substituents is 1. The van der Waals surface area contributed by atoms with Gasteiger partial charge in [-0.3, -0.25) is 0 Å². The first-order chi connectivity index (χ1) is 7.83. The number of hydrogen-bond acceptors (Lipinski definition) is 1. The van der Waals surface area contributed by atoms with Gasteiger partial charge in [0, 0.05) is 40.8 Å². The van der Waals surface area contributed by atoms with Crippen molar-refractivity contribution in [2.45, 2.75) is 58.3 Å². The summed E-state index contributed by atoms with van der Waals surface area (Å²) >= 11 is 0. The van der Waals surface area contributed by atoms with E-state index in [9.17, 15) is 0 Å². The Kier molecular flexibility index (Phi) is 11.7. The van der Waals surface area contributed by atoms with Crippen LogP contribution >= 0.6 is 0 Å². The van der Waals surface area contributed by atoms with E-state index in [-0.39, 0.29) is 40.8 Å². The molecule has 17 heavy (non-hydrogen) atoms. The maximum Gasteiger partial charge on any atom is 0.115 e. The fourth-order valence-corrected chi connectivity index (χ4v) is 1.95. The van der Waals surface area contributed by atoms with Crippen LogP contribution in [-0.2, 0) is 6.42 Å². The standard InChI is InChI=1S/C15H24O.Nd/c1-2-3-4-5-6-7-8-9-14-10-12-15(16)13-11-14;/h10-13,16H,2-9H2,1H3;. The van der Waals surface area contributed by atoms with Gasteiger partial charge in [-0.2, -0.15) is 0 Å². The summed E-state index contributed by atoms with van der Waals surface area (Å²) in [6, 6.07) is 7.59. The summed E-state index contributed by atoms with van der Waals surface area (Å²) in [6.45, 7) is 2.25. The molecule has 0 saturated heterocycles. The summed E-state index contributed by atoms with van der Waals surface area (Å²) < 4.78 is 0. The Morgan fingerprint density at radius 2 is 1.35 bits per heavy atom. The number of hydrogen-bond donors (Lipinski definition) is 1. The van der Waals surface area contributed by atoms with Crippen molar-refractivity contribution in [3.63, 3.8) is 0 Å². The molecule has 1 nitrogen and oxygen atoms in total. The number of rotatable bonds is 8. The van der Waals surface area contributed by atoms with Crippen LogP contribution in [0, 0.1) is 40.8 Å². The van der Waals surface area contributed by atoms with Crippen molar-refractivity contribution in [2.75, 3.05) is 0 Å². The smallest absolute Gasteiger partial charge is 0.115 e. The van der Waals surface area contributed by atoms with Gasteiger partial charge in [0.05, 0.1) is 0 Å². The van der Waals surface area contributed by atoms with Gasteiger partial charge in [-0.15, -0.1) is 0 Å². The van der Waals surface area contributed by atoms with E-state index in [0.717, 1.165) is 6.42 Å². The summed E-state index contributed by atoms with van der Waals surface area (Å²) in [5.41, 5.74) is 1.34. The van der Waals surface area contributed by atoms with Gasteiger partial charge in [0.1, 0.15) is 5.75 Å². The summed E-state index contributed by atoms with van der Waals surface area (Å²) in [5.74, 6) is 0.364. The first-order valence-corrected chi connectivity index (χ1v) is 6.61. The zero-order valence-electron chi connectivity index (χ0n) is 10.9. The molecule has 0 aromatic heterocycles. The number of benzene rings is 1. The molecule has 0 aliphatic heterocycles. The van der Waals surface area contributed by atoms with Gasteiger partial charge in [-0.25, -0.2) is 0 Å². The molecule has 94 valence electrons. The minimum absolute atomic E-state index is 0. The molecule has 0 amide bonds. The van der Waals surface area contributed by atoms with Crippen molar-refractivity contribution >= 4 is 0 Å². The Morgan fingerprint density at radius 1 is 0.824 bits per heavy atom. The van der Waals surface area contributed by atoms with E-state index in [1.165, 1.54) is 50.5 Å². The van der Waals surface area contributed by atoms with E-state index in [1.54, 1.807) is 12.1 Å². The number of phenols is 1. The van der Waals surface area contributed by atoms with Gasteiger partial charge < -0.3 is 5.11 Å². The minimum atomic E-state index is 0. The predicted molar refractivity (Wildman–Crippen MR) is 69.8 cm³/mol. The first kappa shape index (κ1) is 17.4. The average molecular weight is 365 g/mol. The van der Waals surface area contributed by atoms with Gasteiger partial charge in [-0.05, 0) is 30.5 Å². The van der Waals surface area contributed by atoms with E-state index in [0.29, 0.717) is 5.75 Å². The van der Waals surface area contributed by atoms with E-state index in [4.69, 9.17) is 5.11 Å². The van der Waals surface area contributed by atoms with E-state index >= 15 is 0 Å². The molecule has 0 atom stereocenters. The first-order valence-electron chi connectivity index (χ1n) is 6.61. The fraction of sp³-hybridized carbons (Fsp3) is 0.600. The van der Waals surface area contributed by atoms with Crippen molar-refractivity contribution in [3.05, 3.63) is 29.8 Å². The third kappa shape index (κ3) is 9.01. The summed E-state index contributed by atoms with van der Waals surface area (Å²) in [7, 11) is 0. The van der Waals surface area contributed by atoms with E-state index in [1.807, 2.05) is 12.1 Å². The van der Waals surface area contributed by atoms with Crippen molar-refractivity contribution in [2.24, 2.45) is 0 Å². The quantitative estimate of drug-likeness (QED) is 0.664. The second-order valence-electron chi connectivity index (χ2n) is 4.54. The zero-order valence-corrected chi connectivity index (χ0v) is 14.1. The number of aromatic hydroxyl groups is 1. The summed E-state index contributed by atoms with van der Waals surface area (Å²) in [4.78, 5) is 0. The number of unbranched alkanes of at least 4 members (excludes halogenated alkanes) is 6. The summed E-state index contributed by atoms with van der Waals surface area (Å²) in [6.07, 6.45) is 10.6. The van der Waals surface area contributed by atoms with Gasteiger partial charge >= 0.3 is 0 Å². The molecule has 1 aromatic carbocycles. The van der Waals surface area contributed by atoms with Crippen LogP contribution in [0.3, 0.4) is 0 Å². The molecule has 0 spiro atoms. The molecule has 0 aliphatic rings. The fourth-order valence-electron chi connectivity index (χ4n) is 1.95. The Morgan fingerprint density at radius 3 is 1.94 bits per heavy atom. The Balaban J connectivity index is 0.00000256. The molecule has 0 radical (unpaired) electrons. The van der Waals surface area contributed by atoms with Crippen LogP contribution < -0.4 is 0 Å². The second kappa shape index (κ2) is 11.5. The third-order valence-electron chi connectivity index (χ3n) is 3.01. The molecule has 0 bridgehead atoms. The SMILES string of the molecule is CCCCCCCCCc1ccc(O)cc1.[Nd]. The van der Waals surface area contributed by atoms with Gasteiger partial charge in [-0.1, -0.05) is 57.6 Å². The van der Waals surface area contributed by atoms with Crippen LogP contribution in [0.25, 0.3) is 0 Å². The maximum absolute atomic E-state index is 9.15. The second-order valence-corrected chi connectivity index (χ2v) is 4.54. The molecular formula is C15H24NdO.